The average Bonchev–Trinajstić information content (AvgIpc) is 2.91. The van der Waals surface area contributed by atoms with E-state index < -0.39 is 5.60 Å². The number of fused-ring (bicyclic) bond motifs is 1. The highest BCUT2D eigenvalue weighted by Crippen LogP contribution is 2.35. The number of amides is 1. The van der Waals surface area contributed by atoms with Gasteiger partial charge >= 0.3 is 6.09 Å². The molecule has 2 aromatic carbocycles. The lowest BCUT2D eigenvalue weighted by molar-refractivity contribution is 0.0203. The van der Waals surface area contributed by atoms with Gasteiger partial charge in [0.05, 0.1) is 23.1 Å². The summed E-state index contributed by atoms with van der Waals surface area (Å²) in [6, 6.07) is 22.5. The molecule has 4 aromatic rings. The van der Waals surface area contributed by atoms with Gasteiger partial charge in [0, 0.05) is 25.2 Å². The molecule has 7 nitrogen and oxygen atoms in total. The number of likely N-dealkylation sites (tertiary alicyclic amines) is 1. The van der Waals surface area contributed by atoms with Crippen LogP contribution in [-0.2, 0) is 11.3 Å². The highest BCUT2D eigenvalue weighted by Gasteiger charge is 2.29. The number of hydrogen-bond donors (Lipinski definition) is 1. The molecular formula is C30H33N5O2. The van der Waals surface area contributed by atoms with E-state index in [1.807, 2.05) is 57.2 Å². The van der Waals surface area contributed by atoms with Crippen LogP contribution in [0.5, 0.6) is 0 Å². The number of anilines is 1. The number of hydrogen-bond acceptors (Lipinski definition) is 6. The molecular weight excluding hydrogens is 462 g/mol. The number of benzene rings is 2. The molecule has 1 amide bonds. The van der Waals surface area contributed by atoms with Crippen molar-refractivity contribution in [3.8, 4) is 11.1 Å². The monoisotopic (exact) mass is 495 g/mol. The first-order valence-corrected chi connectivity index (χ1v) is 12.9. The fourth-order valence-corrected chi connectivity index (χ4v) is 4.69. The molecule has 1 fully saturated rings. The number of piperidine rings is 1. The number of nitrogens with one attached hydrogen (secondary N) is 1. The van der Waals surface area contributed by atoms with Crippen LogP contribution in [0.25, 0.3) is 22.0 Å². The lowest BCUT2D eigenvalue weighted by atomic mass is 9.95. The molecule has 0 radical (unpaired) electrons. The van der Waals surface area contributed by atoms with E-state index in [4.69, 9.17) is 14.7 Å². The summed E-state index contributed by atoms with van der Waals surface area (Å²) >= 11 is 0. The van der Waals surface area contributed by atoms with Crippen LogP contribution in [0.4, 0.5) is 10.6 Å². The summed E-state index contributed by atoms with van der Waals surface area (Å²) in [5.41, 5.74) is 3.56. The molecule has 2 aromatic heterocycles. The summed E-state index contributed by atoms with van der Waals surface area (Å²) in [6.45, 7) is 7.49. The maximum absolute atomic E-state index is 12.5. The fraction of sp³-hybridized carbons (Fsp3) is 0.333. The van der Waals surface area contributed by atoms with Gasteiger partial charge in [0.2, 0.25) is 0 Å². The van der Waals surface area contributed by atoms with E-state index >= 15 is 0 Å². The van der Waals surface area contributed by atoms with Gasteiger partial charge in [-0.2, -0.15) is 0 Å². The quantitative estimate of drug-likeness (QED) is 0.344. The Balaban J connectivity index is 1.46. The summed E-state index contributed by atoms with van der Waals surface area (Å²) in [4.78, 5) is 28.9. The molecule has 0 saturated carbocycles. The van der Waals surface area contributed by atoms with Gasteiger partial charge < -0.3 is 15.0 Å². The molecule has 0 spiro atoms. The smallest absolute Gasteiger partial charge is 0.410 e. The normalized spacial score (nSPS) is 14.5. The van der Waals surface area contributed by atoms with Gasteiger partial charge in [-0.15, -0.1) is 0 Å². The first-order valence-electron chi connectivity index (χ1n) is 12.9. The van der Waals surface area contributed by atoms with Crippen LogP contribution >= 0.6 is 0 Å². The van der Waals surface area contributed by atoms with Crippen LogP contribution in [0.3, 0.4) is 0 Å². The van der Waals surface area contributed by atoms with Crippen LogP contribution in [-0.4, -0.2) is 44.6 Å². The zero-order valence-corrected chi connectivity index (χ0v) is 21.6. The van der Waals surface area contributed by atoms with E-state index in [-0.39, 0.29) is 12.0 Å². The van der Waals surface area contributed by atoms with Crippen molar-refractivity contribution in [1.82, 2.24) is 19.9 Å². The van der Waals surface area contributed by atoms with Crippen LogP contribution < -0.4 is 5.32 Å². The molecule has 0 atom stereocenters. The van der Waals surface area contributed by atoms with Gasteiger partial charge in [0.1, 0.15) is 17.2 Å². The zero-order valence-electron chi connectivity index (χ0n) is 21.6. The number of nitrogens with zero attached hydrogens (tertiary/aromatic N) is 4. The van der Waals surface area contributed by atoms with Crippen molar-refractivity contribution in [2.45, 2.75) is 51.7 Å². The first-order chi connectivity index (χ1) is 17.9. The van der Waals surface area contributed by atoms with E-state index in [2.05, 4.69) is 40.6 Å². The Morgan fingerprint density at radius 2 is 1.73 bits per heavy atom. The second kappa shape index (κ2) is 10.5. The third-order valence-electron chi connectivity index (χ3n) is 6.50. The summed E-state index contributed by atoms with van der Waals surface area (Å²) in [6.07, 6.45) is 3.13. The Hall–Kier alpha value is -4.00. The second-order valence-electron chi connectivity index (χ2n) is 10.4. The van der Waals surface area contributed by atoms with Gasteiger partial charge in [0.15, 0.2) is 0 Å². The molecule has 37 heavy (non-hydrogen) atoms. The molecule has 0 unspecified atom stereocenters. The minimum absolute atomic E-state index is 0.166. The summed E-state index contributed by atoms with van der Waals surface area (Å²) in [7, 11) is 0. The summed E-state index contributed by atoms with van der Waals surface area (Å²) in [5.74, 6) is 1.78. The van der Waals surface area contributed by atoms with E-state index in [9.17, 15) is 4.79 Å². The third kappa shape index (κ3) is 5.88. The molecule has 5 rings (SSSR count). The predicted molar refractivity (Wildman–Crippen MR) is 146 cm³/mol. The number of carbonyl (C=O) groups is 1. The molecule has 0 bridgehead atoms. The maximum atomic E-state index is 12.5. The molecule has 1 aliphatic heterocycles. The van der Waals surface area contributed by atoms with Gasteiger partial charge in [-0.05, 0) is 62.9 Å². The number of aromatic nitrogens is 3. The van der Waals surface area contributed by atoms with Crippen molar-refractivity contribution >= 4 is 22.8 Å². The van der Waals surface area contributed by atoms with Crippen molar-refractivity contribution in [2.24, 2.45) is 0 Å². The molecule has 1 saturated heterocycles. The summed E-state index contributed by atoms with van der Waals surface area (Å²) < 4.78 is 5.56. The molecule has 190 valence electrons. The minimum atomic E-state index is -0.500. The van der Waals surface area contributed by atoms with Crippen LogP contribution in [0, 0.1) is 0 Å². The van der Waals surface area contributed by atoms with E-state index in [1.165, 1.54) is 0 Å². The van der Waals surface area contributed by atoms with Crippen LogP contribution in [0.2, 0.25) is 0 Å². The van der Waals surface area contributed by atoms with E-state index in [0.29, 0.717) is 19.6 Å². The molecule has 3 heterocycles. The van der Waals surface area contributed by atoms with E-state index in [1.54, 1.807) is 11.1 Å². The maximum Gasteiger partial charge on any atom is 0.410 e. The topological polar surface area (TPSA) is 80.2 Å². The molecule has 0 aliphatic carbocycles. The average molecular weight is 496 g/mol. The number of carbonyl (C=O) groups excluding carboxylic acids is 1. The van der Waals surface area contributed by atoms with Crippen molar-refractivity contribution in [3.63, 3.8) is 0 Å². The van der Waals surface area contributed by atoms with E-state index in [0.717, 1.165) is 52.2 Å². The minimum Gasteiger partial charge on any atom is -0.444 e. The van der Waals surface area contributed by atoms with Gasteiger partial charge in [-0.1, -0.05) is 48.5 Å². The Morgan fingerprint density at radius 1 is 0.973 bits per heavy atom. The van der Waals surface area contributed by atoms with Crippen LogP contribution in [0.1, 0.15) is 51.0 Å². The highest BCUT2D eigenvalue weighted by molar-refractivity contribution is 6.01. The van der Waals surface area contributed by atoms with Crippen molar-refractivity contribution in [1.29, 1.82) is 0 Å². The third-order valence-corrected chi connectivity index (χ3v) is 6.50. The van der Waals surface area contributed by atoms with Crippen molar-refractivity contribution in [3.05, 3.63) is 84.4 Å². The fourth-order valence-electron chi connectivity index (χ4n) is 4.69. The highest BCUT2D eigenvalue weighted by atomic mass is 16.6. The number of rotatable bonds is 5. The lowest BCUT2D eigenvalue weighted by Gasteiger charge is -2.33. The van der Waals surface area contributed by atoms with Crippen molar-refractivity contribution in [2.75, 3.05) is 18.4 Å². The Labute approximate surface area is 217 Å². The zero-order chi connectivity index (χ0) is 25.8. The predicted octanol–water partition coefficient (Wildman–Crippen LogP) is 6.42. The summed E-state index contributed by atoms with van der Waals surface area (Å²) in [5, 5.41) is 4.55. The van der Waals surface area contributed by atoms with Gasteiger partial charge in [-0.25, -0.2) is 14.8 Å². The van der Waals surface area contributed by atoms with Gasteiger partial charge in [-0.3, -0.25) is 4.98 Å². The number of pyridine rings is 1. The SMILES string of the molecule is CC(C)(C)OC(=O)N1CCC(c2nc(NCc3ccccn3)c3c(-c4ccccc4)cccc3n2)CC1. The Kier molecular flexibility index (Phi) is 7.04. The van der Waals surface area contributed by atoms with Crippen LogP contribution in [0.15, 0.2) is 72.9 Å². The lowest BCUT2D eigenvalue weighted by Crippen LogP contribution is -2.41. The molecule has 1 aliphatic rings. The standard InChI is InChI=1S/C30H33N5O2/c1-30(2,3)37-29(36)35-18-15-22(16-19-35)27-33-25-14-9-13-24(21-10-5-4-6-11-21)26(25)28(34-27)32-20-23-12-7-8-17-31-23/h4-14,17,22H,15-16,18-20H2,1-3H3,(H,32,33,34). The second-order valence-corrected chi connectivity index (χ2v) is 10.4. The number of ether oxygens (including phenoxy) is 1. The first kappa shape index (κ1) is 24.7. The Morgan fingerprint density at radius 3 is 2.43 bits per heavy atom. The Bertz CT molecular complexity index is 1360. The van der Waals surface area contributed by atoms with Crippen molar-refractivity contribution < 1.29 is 9.53 Å². The largest absolute Gasteiger partial charge is 0.444 e. The molecule has 7 heteroatoms. The van der Waals surface area contributed by atoms with Gasteiger partial charge in [0.25, 0.3) is 0 Å². The molecule has 1 N–H and O–H groups in total.